The van der Waals surface area contributed by atoms with Gasteiger partial charge in [0.1, 0.15) is 0 Å². The van der Waals surface area contributed by atoms with Gasteiger partial charge in [0.05, 0.1) is 17.8 Å². The molecule has 20 heavy (non-hydrogen) atoms. The number of rotatable bonds is 8. The van der Waals surface area contributed by atoms with Crippen LogP contribution in [0.3, 0.4) is 0 Å². The van der Waals surface area contributed by atoms with Crippen molar-refractivity contribution in [3.05, 3.63) is 24.3 Å². The van der Waals surface area contributed by atoms with Crippen LogP contribution in [0.1, 0.15) is 19.3 Å². The van der Waals surface area contributed by atoms with Gasteiger partial charge in [0.15, 0.2) is 0 Å². The van der Waals surface area contributed by atoms with Crippen LogP contribution in [0.4, 0.5) is 11.4 Å². The number of carboxylic acids is 1. The van der Waals surface area contributed by atoms with Crippen LogP contribution in [-0.2, 0) is 14.3 Å². The van der Waals surface area contributed by atoms with Gasteiger partial charge in [-0.2, -0.15) is 0 Å². The summed E-state index contributed by atoms with van der Waals surface area (Å²) < 4.78 is 4.91. The third-order valence-corrected chi connectivity index (χ3v) is 2.82. The lowest BCUT2D eigenvalue weighted by Crippen LogP contribution is -2.33. The normalized spacial score (nSPS) is 10.2. The van der Waals surface area contributed by atoms with Gasteiger partial charge in [-0.3, -0.25) is 9.59 Å². The second-order valence-electron chi connectivity index (χ2n) is 4.34. The SMILES string of the molecule is COCCCC(=O)N(CCC(=O)O)c1ccccc1N. The fourth-order valence-electron chi connectivity index (χ4n) is 1.82. The molecule has 6 nitrogen and oxygen atoms in total. The first-order chi connectivity index (χ1) is 9.56. The summed E-state index contributed by atoms with van der Waals surface area (Å²) in [6.45, 7) is 0.595. The molecule has 1 aromatic rings. The van der Waals surface area contributed by atoms with Crippen LogP contribution in [0.25, 0.3) is 0 Å². The number of carbonyl (C=O) groups excluding carboxylic acids is 1. The quantitative estimate of drug-likeness (QED) is 0.556. The average molecular weight is 280 g/mol. The first kappa shape index (κ1) is 16.0. The Morgan fingerprint density at radius 2 is 2.00 bits per heavy atom. The highest BCUT2D eigenvalue weighted by Gasteiger charge is 2.18. The third kappa shape index (κ3) is 4.89. The van der Waals surface area contributed by atoms with Gasteiger partial charge >= 0.3 is 5.97 Å². The molecule has 0 aliphatic rings. The number of hydrogen-bond acceptors (Lipinski definition) is 4. The maximum absolute atomic E-state index is 12.2. The zero-order valence-electron chi connectivity index (χ0n) is 11.5. The van der Waals surface area contributed by atoms with E-state index in [-0.39, 0.29) is 18.9 Å². The molecule has 0 fully saturated rings. The predicted molar refractivity (Wildman–Crippen MR) is 76.6 cm³/mol. The maximum Gasteiger partial charge on any atom is 0.305 e. The molecule has 1 amide bonds. The van der Waals surface area contributed by atoms with Crippen molar-refractivity contribution >= 4 is 23.3 Å². The fraction of sp³-hybridized carbons (Fsp3) is 0.429. The number of carboxylic acid groups (broad SMARTS) is 1. The third-order valence-electron chi connectivity index (χ3n) is 2.82. The molecule has 0 heterocycles. The number of para-hydroxylation sites is 2. The number of nitrogens with two attached hydrogens (primary N) is 1. The largest absolute Gasteiger partial charge is 0.481 e. The highest BCUT2D eigenvalue weighted by Crippen LogP contribution is 2.23. The van der Waals surface area contributed by atoms with Crippen molar-refractivity contribution in [2.24, 2.45) is 0 Å². The van der Waals surface area contributed by atoms with Crippen molar-refractivity contribution in [2.45, 2.75) is 19.3 Å². The maximum atomic E-state index is 12.2. The van der Waals surface area contributed by atoms with E-state index < -0.39 is 5.97 Å². The lowest BCUT2D eigenvalue weighted by molar-refractivity contribution is -0.136. The number of hydrogen-bond donors (Lipinski definition) is 2. The molecule has 3 N–H and O–H groups in total. The zero-order chi connectivity index (χ0) is 15.0. The average Bonchev–Trinajstić information content (AvgIpc) is 2.41. The molecule has 0 bridgehead atoms. The molecule has 0 spiro atoms. The fourth-order valence-corrected chi connectivity index (χ4v) is 1.82. The van der Waals surface area contributed by atoms with Crippen LogP contribution < -0.4 is 10.6 Å². The summed E-state index contributed by atoms with van der Waals surface area (Å²) >= 11 is 0. The Balaban J connectivity index is 2.82. The molecule has 0 radical (unpaired) electrons. The van der Waals surface area contributed by atoms with Crippen LogP contribution >= 0.6 is 0 Å². The molecule has 1 aromatic carbocycles. The van der Waals surface area contributed by atoms with Gasteiger partial charge in [0.2, 0.25) is 5.91 Å². The minimum Gasteiger partial charge on any atom is -0.481 e. The number of nitrogens with zero attached hydrogens (tertiary/aromatic N) is 1. The summed E-state index contributed by atoms with van der Waals surface area (Å²) in [5, 5.41) is 8.79. The summed E-state index contributed by atoms with van der Waals surface area (Å²) in [5.41, 5.74) is 6.86. The highest BCUT2D eigenvalue weighted by atomic mass is 16.5. The number of ether oxygens (including phenoxy) is 1. The summed E-state index contributed by atoms with van der Waals surface area (Å²) in [7, 11) is 1.57. The molecule has 0 aliphatic carbocycles. The number of benzene rings is 1. The molecule has 0 saturated carbocycles. The summed E-state index contributed by atoms with van der Waals surface area (Å²) in [4.78, 5) is 24.3. The van der Waals surface area contributed by atoms with Gasteiger partial charge in [0, 0.05) is 26.7 Å². The standard InChI is InChI=1S/C14H20N2O4/c1-20-10-4-7-13(17)16(9-8-14(18)19)12-6-3-2-5-11(12)15/h2-3,5-6H,4,7-10,15H2,1H3,(H,18,19). The molecular formula is C14H20N2O4. The van der Waals surface area contributed by atoms with E-state index >= 15 is 0 Å². The molecule has 6 heteroatoms. The summed E-state index contributed by atoms with van der Waals surface area (Å²) in [6, 6.07) is 6.93. The predicted octanol–water partition coefficient (Wildman–Crippen LogP) is 1.50. The molecule has 0 atom stereocenters. The Hall–Kier alpha value is -2.08. The number of nitrogen functional groups attached to an aromatic ring is 1. The van der Waals surface area contributed by atoms with Crippen LogP contribution in [-0.4, -0.2) is 37.2 Å². The molecular weight excluding hydrogens is 260 g/mol. The first-order valence-electron chi connectivity index (χ1n) is 6.42. The van der Waals surface area contributed by atoms with Crippen molar-refractivity contribution in [3.63, 3.8) is 0 Å². The summed E-state index contributed by atoms with van der Waals surface area (Å²) in [6.07, 6.45) is 0.762. The zero-order valence-corrected chi connectivity index (χ0v) is 11.5. The van der Waals surface area contributed by atoms with Gasteiger partial charge < -0.3 is 20.5 Å². The minimum atomic E-state index is -0.950. The van der Waals surface area contributed by atoms with Gasteiger partial charge in [0.25, 0.3) is 0 Å². The number of methoxy groups -OCH3 is 1. The molecule has 0 aromatic heterocycles. The smallest absolute Gasteiger partial charge is 0.305 e. The molecule has 0 unspecified atom stereocenters. The Kier molecular flexibility index (Phi) is 6.52. The Morgan fingerprint density at radius 1 is 1.30 bits per heavy atom. The van der Waals surface area contributed by atoms with Crippen molar-refractivity contribution < 1.29 is 19.4 Å². The van der Waals surface area contributed by atoms with Crippen LogP contribution in [0.2, 0.25) is 0 Å². The van der Waals surface area contributed by atoms with Crippen molar-refractivity contribution in [1.82, 2.24) is 0 Å². The first-order valence-corrected chi connectivity index (χ1v) is 6.42. The molecule has 0 saturated heterocycles. The Morgan fingerprint density at radius 3 is 2.60 bits per heavy atom. The van der Waals surface area contributed by atoms with Gasteiger partial charge in [-0.15, -0.1) is 0 Å². The molecule has 110 valence electrons. The van der Waals surface area contributed by atoms with E-state index in [0.29, 0.717) is 30.8 Å². The van der Waals surface area contributed by atoms with E-state index in [9.17, 15) is 9.59 Å². The lowest BCUT2D eigenvalue weighted by atomic mass is 10.2. The number of aliphatic carboxylic acids is 1. The van der Waals surface area contributed by atoms with Crippen LogP contribution in [0.15, 0.2) is 24.3 Å². The van der Waals surface area contributed by atoms with Gasteiger partial charge in [-0.05, 0) is 18.6 Å². The van der Waals surface area contributed by atoms with E-state index in [0.717, 1.165) is 0 Å². The Labute approximate surface area is 118 Å². The summed E-state index contributed by atoms with van der Waals surface area (Å²) in [5.74, 6) is -1.10. The monoisotopic (exact) mass is 280 g/mol. The second kappa shape index (κ2) is 8.16. The van der Waals surface area contributed by atoms with Crippen molar-refractivity contribution in [2.75, 3.05) is 30.9 Å². The topological polar surface area (TPSA) is 92.9 Å². The van der Waals surface area contributed by atoms with Crippen LogP contribution in [0.5, 0.6) is 0 Å². The van der Waals surface area contributed by atoms with E-state index in [1.165, 1.54) is 4.90 Å². The minimum absolute atomic E-state index is 0.107. The van der Waals surface area contributed by atoms with Gasteiger partial charge in [-0.25, -0.2) is 0 Å². The lowest BCUT2D eigenvalue weighted by Gasteiger charge is -2.23. The van der Waals surface area contributed by atoms with Gasteiger partial charge in [-0.1, -0.05) is 12.1 Å². The number of amides is 1. The second-order valence-corrected chi connectivity index (χ2v) is 4.34. The van der Waals surface area contributed by atoms with E-state index in [4.69, 9.17) is 15.6 Å². The van der Waals surface area contributed by atoms with Crippen molar-refractivity contribution in [3.8, 4) is 0 Å². The number of carbonyl (C=O) groups is 2. The van der Waals surface area contributed by atoms with E-state index in [1.54, 1.807) is 31.4 Å². The van der Waals surface area contributed by atoms with Crippen LogP contribution in [0, 0.1) is 0 Å². The number of anilines is 2. The Bertz CT molecular complexity index is 462. The van der Waals surface area contributed by atoms with E-state index in [2.05, 4.69) is 0 Å². The highest BCUT2D eigenvalue weighted by molar-refractivity contribution is 5.96. The molecule has 0 aliphatic heterocycles. The van der Waals surface area contributed by atoms with E-state index in [1.807, 2.05) is 0 Å². The molecule has 1 rings (SSSR count). The van der Waals surface area contributed by atoms with Crippen molar-refractivity contribution in [1.29, 1.82) is 0 Å².